The SMILES string of the molecule is CO[C@H]1CN(C)C[C@@H](O)[C@@H]2OC(C)(C)O[C@@H]21. The molecule has 5 heteroatoms. The van der Waals surface area contributed by atoms with Crippen LogP contribution in [0, 0.1) is 0 Å². The normalized spacial score (nSPS) is 44.1. The highest BCUT2D eigenvalue weighted by molar-refractivity contribution is 4.95. The highest BCUT2D eigenvalue weighted by atomic mass is 16.8. The molecule has 0 aromatic carbocycles. The van der Waals surface area contributed by atoms with Crippen molar-refractivity contribution in [2.24, 2.45) is 0 Å². The minimum Gasteiger partial charge on any atom is -0.389 e. The summed E-state index contributed by atoms with van der Waals surface area (Å²) in [6.07, 6.45) is -1.09. The minimum absolute atomic E-state index is 0.0612. The summed E-state index contributed by atoms with van der Waals surface area (Å²) >= 11 is 0. The lowest BCUT2D eigenvalue weighted by Gasteiger charge is -2.25. The molecule has 0 saturated carbocycles. The fourth-order valence-corrected chi connectivity index (χ4v) is 2.52. The van der Waals surface area contributed by atoms with Crippen molar-refractivity contribution in [3.63, 3.8) is 0 Å². The van der Waals surface area contributed by atoms with Crippen molar-refractivity contribution < 1.29 is 19.3 Å². The Morgan fingerprint density at radius 3 is 2.50 bits per heavy atom. The van der Waals surface area contributed by atoms with Crippen LogP contribution in [0.3, 0.4) is 0 Å². The molecule has 4 atom stereocenters. The molecule has 2 saturated heterocycles. The smallest absolute Gasteiger partial charge is 0.164 e. The molecule has 0 aromatic heterocycles. The molecule has 0 aromatic rings. The summed E-state index contributed by atoms with van der Waals surface area (Å²) in [6.45, 7) is 5.06. The Hall–Kier alpha value is -0.200. The van der Waals surface area contributed by atoms with Crippen LogP contribution in [0.4, 0.5) is 0 Å². The quantitative estimate of drug-likeness (QED) is 0.679. The minimum atomic E-state index is -0.636. The van der Waals surface area contributed by atoms with E-state index in [2.05, 4.69) is 0 Å². The second kappa shape index (κ2) is 4.23. The van der Waals surface area contributed by atoms with E-state index in [0.717, 1.165) is 6.54 Å². The summed E-state index contributed by atoms with van der Waals surface area (Å²) in [4.78, 5) is 2.04. The topological polar surface area (TPSA) is 51.2 Å². The third-order valence-electron chi connectivity index (χ3n) is 3.20. The number of ether oxygens (including phenoxy) is 3. The summed E-state index contributed by atoms with van der Waals surface area (Å²) in [7, 11) is 3.63. The van der Waals surface area contributed by atoms with E-state index in [0.29, 0.717) is 6.54 Å². The van der Waals surface area contributed by atoms with E-state index >= 15 is 0 Å². The summed E-state index contributed by atoms with van der Waals surface area (Å²) in [5.41, 5.74) is 0. The number of hydrogen-bond donors (Lipinski definition) is 1. The Morgan fingerprint density at radius 2 is 1.88 bits per heavy atom. The predicted octanol–water partition coefficient (Wildman–Crippen LogP) is -0.172. The van der Waals surface area contributed by atoms with Crippen LogP contribution in [-0.2, 0) is 14.2 Å². The molecule has 2 heterocycles. The van der Waals surface area contributed by atoms with Crippen molar-refractivity contribution in [1.82, 2.24) is 4.90 Å². The van der Waals surface area contributed by atoms with Gasteiger partial charge in [0.15, 0.2) is 5.79 Å². The molecule has 0 unspecified atom stereocenters. The van der Waals surface area contributed by atoms with Gasteiger partial charge in [-0.15, -0.1) is 0 Å². The lowest BCUT2D eigenvalue weighted by atomic mass is 10.1. The summed E-state index contributed by atoms with van der Waals surface area (Å²) in [5, 5.41) is 10.1. The lowest BCUT2D eigenvalue weighted by molar-refractivity contribution is -0.166. The van der Waals surface area contributed by atoms with Gasteiger partial charge in [-0.3, -0.25) is 0 Å². The molecule has 2 rings (SSSR count). The number of nitrogens with zero attached hydrogens (tertiary/aromatic N) is 1. The molecule has 0 bridgehead atoms. The number of fused-ring (bicyclic) bond motifs is 1. The largest absolute Gasteiger partial charge is 0.389 e. The highest BCUT2D eigenvalue weighted by Crippen LogP contribution is 2.34. The maximum Gasteiger partial charge on any atom is 0.164 e. The second-order valence-electron chi connectivity index (χ2n) is 5.13. The molecule has 2 fully saturated rings. The molecule has 16 heavy (non-hydrogen) atoms. The van der Waals surface area contributed by atoms with E-state index in [9.17, 15) is 5.11 Å². The van der Waals surface area contributed by atoms with Gasteiger partial charge in [0.2, 0.25) is 0 Å². The summed E-state index contributed by atoms with van der Waals surface area (Å²) in [6, 6.07) is 0. The van der Waals surface area contributed by atoms with Gasteiger partial charge < -0.3 is 24.2 Å². The van der Waals surface area contributed by atoms with Crippen molar-refractivity contribution in [1.29, 1.82) is 0 Å². The first kappa shape index (κ1) is 12.3. The molecule has 0 spiro atoms. The zero-order chi connectivity index (χ0) is 11.9. The number of aliphatic hydroxyl groups excluding tert-OH is 1. The van der Waals surface area contributed by atoms with Crippen molar-refractivity contribution in [2.75, 3.05) is 27.2 Å². The van der Waals surface area contributed by atoms with Crippen LogP contribution in [0.5, 0.6) is 0 Å². The summed E-state index contributed by atoms with van der Waals surface area (Å²) in [5.74, 6) is -0.636. The fourth-order valence-electron chi connectivity index (χ4n) is 2.52. The number of rotatable bonds is 1. The van der Waals surface area contributed by atoms with Gasteiger partial charge in [0, 0.05) is 20.2 Å². The van der Waals surface area contributed by atoms with Crippen LogP contribution in [0.15, 0.2) is 0 Å². The lowest BCUT2D eigenvalue weighted by Crippen LogP contribution is -2.42. The van der Waals surface area contributed by atoms with Crippen LogP contribution < -0.4 is 0 Å². The predicted molar refractivity (Wildman–Crippen MR) is 58.1 cm³/mol. The van der Waals surface area contributed by atoms with Gasteiger partial charge in [0.05, 0.1) is 12.2 Å². The fraction of sp³-hybridized carbons (Fsp3) is 1.00. The molecule has 0 radical (unpaired) electrons. The molecule has 94 valence electrons. The van der Waals surface area contributed by atoms with Gasteiger partial charge in [0.1, 0.15) is 12.2 Å². The van der Waals surface area contributed by atoms with E-state index in [1.165, 1.54) is 0 Å². The first-order valence-corrected chi connectivity index (χ1v) is 5.68. The Balaban J connectivity index is 2.19. The average molecular weight is 231 g/mol. The van der Waals surface area contributed by atoms with E-state index < -0.39 is 11.9 Å². The number of hydrogen-bond acceptors (Lipinski definition) is 5. The van der Waals surface area contributed by atoms with E-state index in [-0.39, 0.29) is 18.3 Å². The molecule has 2 aliphatic rings. The maximum absolute atomic E-state index is 10.1. The van der Waals surface area contributed by atoms with Crippen molar-refractivity contribution in [3.8, 4) is 0 Å². The Bertz CT molecular complexity index is 258. The molecular weight excluding hydrogens is 210 g/mol. The Morgan fingerprint density at radius 1 is 1.25 bits per heavy atom. The first-order chi connectivity index (χ1) is 7.43. The monoisotopic (exact) mass is 231 g/mol. The van der Waals surface area contributed by atoms with Gasteiger partial charge in [0.25, 0.3) is 0 Å². The van der Waals surface area contributed by atoms with Crippen LogP contribution in [0.1, 0.15) is 13.8 Å². The van der Waals surface area contributed by atoms with Gasteiger partial charge >= 0.3 is 0 Å². The van der Waals surface area contributed by atoms with E-state index in [1.807, 2.05) is 25.8 Å². The van der Waals surface area contributed by atoms with Crippen molar-refractivity contribution >= 4 is 0 Å². The number of likely N-dealkylation sites (N-methyl/N-ethyl adjacent to an activating group) is 1. The highest BCUT2D eigenvalue weighted by Gasteiger charge is 2.50. The third-order valence-corrected chi connectivity index (χ3v) is 3.20. The Kier molecular flexibility index (Phi) is 3.25. The second-order valence-corrected chi connectivity index (χ2v) is 5.13. The number of methoxy groups -OCH3 is 1. The Labute approximate surface area is 96.3 Å². The average Bonchev–Trinajstić information content (AvgIpc) is 2.45. The number of likely N-dealkylation sites (tertiary alicyclic amines) is 1. The van der Waals surface area contributed by atoms with E-state index in [1.54, 1.807) is 7.11 Å². The van der Waals surface area contributed by atoms with Crippen molar-refractivity contribution in [3.05, 3.63) is 0 Å². The van der Waals surface area contributed by atoms with E-state index in [4.69, 9.17) is 14.2 Å². The molecule has 2 aliphatic heterocycles. The molecule has 5 nitrogen and oxygen atoms in total. The maximum atomic E-state index is 10.1. The van der Waals surface area contributed by atoms with Crippen LogP contribution >= 0.6 is 0 Å². The van der Waals surface area contributed by atoms with Crippen LogP contribution in [0.2, 0.25) is 0 Å². The molecule has 0 amide bonds. The van der Waals surface area contributed by atoms with Gasteiger partial charge in [-0.25, -0.2) is 0 Å². The third kappa shape index (κ3) is 2.24. The molecule has 1 N–H and O–H groups in total. The zero-order valence-corrected chi connectivity index (χ0v) is 10.3. The summed E-state index contributed by atoms with van der Waals surface area (Å²) < 4.78 is 17.0. The van der Waals surface area contributed by atoms with Crippen LogP contribution in [-0.4, -0.2) is 67.5 Å². The standard InChI is InChI=1S/C11H21NO4/c1-11(2)15-9-7(13)5-12(3)6-8(14-4)10(9)16-11/h7-10,13H,5-6H2,1-4H3/t7-,8+,9+,10-/m1/s1. The first-order valence-electron chi connectivity index (χ1n) is 5.68. The molecular formula is C11H21NO4. The van der Waals surface area contributed by atoms with Crippen molar-refractivity contribution in [2.45, 2.75) is 44.1 Å². The van der Waals surface area contributed by atoms with Gasteiger partial charge in [-0.2, -0.15) is 0 Å². The van der Waals surface area contributed by atoms with Gasteiger partial charge in [-0.05, 0) is 20.9 Å². The number of aliphatic hydroxyl groups is 1. The molecule has 0 aliphatic carbocycles. The van der Waals surface area contributed by atoms with Gasteiger partial charge in [-0.1, -0.05) is 0 Å². The number of β-amino-alcohol motifs (C(OH)–C–C–N with tert-alkyl or cyclic N) is 1. The van der Waals surface area contributed by atoms with Crippen LogP contribution in [0.25, 0.3) is 0 Å². The zero-order valence-electron chi connectivity index (χ0n) is 10.3.